The van der Waals surface area contributed by atoms with Crippen molar-refractivity contribution >= 4 is 11.7 Å². The molecule has 0 aromatic heterocycles. The largest absolute Gasteiger partial charge is 0.495 e. The third-order valence-corrected chi connectivity index (χ3v) is 1.85. The number of methoxy groups -OCH3 is 1. The zero-order valence-corrected chi connectivity index (χ0v) is 9.11. The molecular formula is C11H15NO3. The van der Waals surface area contributed by atoms with E-state index in [1.54, 1.807) is 32.0 Å². The van der Waals surface area contributed by atoms with Crippen LogP contribution in [0.4, 0.5) is 5.69 Å². The van der Waals surface area contributed by atoms with Crippen molar-refractivity contribution in [2.45, 2.75) is 20.0 Å². The van der Waals surface area contributed by atoms with Gasteiger partial charge in [-0.05, 0) is 26.0 Å². The van der Waals surface area contributed by atoms with Gasteiger partial charge in [0, 0.05) is 0 Å². The number of esters is 1. The van der Waals surface area contributed by atoms with E-state index in [2.05, 4.69) is 0 Å². The summed E-state index contributed by atoms with van der Waals surface area (Å²) in [5.74, 6) is 0.0506. The molecule has 15 heavy (non-hydrogen) atoms. The summed E-state index contributed by atoms with van der Waals surface area (Å²) in [5.41, 5.74) is 6.39. The molecule has 4 heteroatoms. The van der Waals surface area contributed by atoms with E-state index in [1.165, 1.54) is 7.11 Å². The molecule has 0 saturated carbocycles. The summed E-state index contributed by atoms with van der Waals surface area (Å²) in [4.78, 5) is 11.6. The first-order valence-electron chi connectivity index (χ1n) is 4.69. The Kier molecular flexibility index (Phi) is 3.55. The second kappa shape index (κ2) is 4.68. The fourth-order valence-corrected chi connectivity index (χ4v) is 1.18. The van der Waals surface area contributed by atoms with E-state index in [-0.39, 0.29) is 6.10 Å². The van der Waals surface area contributed by atoms with Crippen LogP contribution in [0.3, 0.4) is 0 Å². The third kappa shape index (κ3) is 2.62. The van der Waals surface area contributed by atoms with Gasteiger partial charge in [-0.25, -0.2) is 4.79 Å². The number of rotatable bonds is 3. The number of nitrogen functional groups attached to an aromatic ring is 1. The fraction of sp³-hybridized carbons (Fsp3) is 0.364. The van der Waals surface area contributed by atoms with Gasteiger partial charge in [-0.3, -0.25) is 0 Å². The lowest BCUT2D eigenvalue weighted by Crippen LogP contribution is -2.13. The van der Waals surface area contributed by atoms with Gasteiger partial charge in [-0.1, -0.05) is 6.07 Å². The molecule has 2 N–H and O–H groups in total. The SMILES string of the molecule is COc1cccc(C(=O)OC(C)C)c1N. The van der Waals surface area contributed by atoms with Crippen molar-refractivity contribution in [2.75, 3.05) is 12.8 Å². The van der Waals surface area contributed by atoms with Crippen LogP contribution in [0.2, 0.25) is 0 Å². The van der Waals surface area contributed by atoms with Gasteiger partial charge < -0.3 is 15.2 Å². The molecule has 0 aliphatic rings. The lowest BCUT2D eigenvalue weighted by molar-refractivity contribution is 0.0379. The Balaban J connectivity index is 2.99. The van der Waals surface area contributed by atoms with Crippen molar-refractivity contribution in [1.29, 1.82) is 0 Å². The van der Waals surface area contributed by atoms with Crippen LogP contribution in [-0.4, -0.2) is 19.2 Å². The van der Waals surface area contributed by atoms with Gasteiger partial charge in [-0.2, -0.15) is 0 Å². The number of para-hydroxylation sites is 1. The van der Waals surface area contributed by atoms with Gasteiger partial charge in [0.1, 0.15) is 5.75 Å². The maximum absolute atomic E-state index is 11.6. The molecule has 0 bridgehead atoms. The Morgan fingerprint density at radius 2 is 2.07 bits per heavy atom. The predicted molar refractivity (Wildman–Crippen MR) is 58.0 cm³/mol. The summed E-state index contributed by atoms with van der Waals surface area (Å²) < 4.78 is 10.1. The van der Waals surface area contributed by atoms with E-state index < -0.39 is 5.97 Å². The van der Waals surface area contributed by atoms with Crippen molar-refractivity contribution in [2.24, 2.45) is 0 Å². The molecule has 1 rings (SSSR count). The fourth-order valence-electron chi connectivity index (χ4n) is 1.18. The lowest BCUT2D eigenvalue weighted by Gasteiger charge is -2.11. The minimum atomic E-state index is -0.429. The molecule has 0 heterocycles. The number of anilines is 1. The molecule has 0 unspecified atom stereocenters. The zero-order chi connectivity index (χ0) is 11.4. The molecule has 82 valence electrons. The standard InChI is InChI=1S/C11H15NO3/c1-7(2)15-11(13)8-5-4-6-9(14-3)10(8)12/h4-7H,12H2,1-3H3. The molecule has 0 fully saturated rings. The molecule has 1 aromatic carbocycles. The van der Waals surface area contributed by atoms with Gasteiger partial charge in [-0.15, -0.1) is 0 Å². The van der Waals surface area contributed by atoms with Crippen LogP contribution in [0.25, 0.3) is 0 Å². The van der Waals surface area contributed by atoms with Crippen LogP contribution < -0.4 is 10.5 Å². The minimum absolute atomic E-state index is 0.164. The highest BCUT2D eigenvalue weighted by atomic mass is 16.5. The number of ether oxygens (including phenoxy) is 2. The summed E-state index contributed by atoms with van der Waals surface area (Å²) in [7, 11) is 1.50. The minimum Gasteiger partial charge on any atom is -0.495 e. The molecule has 4 nitrogen and oxygen atoms in total. The van der Waals surface area contributed by atoms with Crippen molar-refractivity contribution in [1.82, 2.24) is 0 Å². The maximum atomic E-state index is 11.6. The summed E-state index contributed by atoms with van der Waals surface area (Å²) in [6.07, 6.45) is -0.164. The summed E-state index contributed by atoms with van der Waals surface area (Å²) in [6.45, 7) is 3.57. The highest BCUT2D eigenvalue weighted by Crippen LogP contribution is 2.25. The molecular weight excluding hydrogens is 194 g/mol. The number of hydrogen-bond acceptors (Lipinski definition) is 4. The number of nitrogens with two attached hydrogens (primary N) is 1. The molecule has 0 spiro atoms. The van der Waals surface area contributed by atoms with Gasteiger partial charge in [0.2, 0.25) is 0 Å². The van der Waals surface area contributed by atoms with E-state index in [0.29, 0.717) is 17.0 Å². The van der Waals surface area contributed by atoms with Crippen molar-refractivity contribution in [3.8, 4) is 5.75 Å². The second-order valence-corrected chi connectivity index (χ2v) is 3.38. The van der Waals surface area contributed by atoms with Crippen LogP contribution in [0, 0.1) is 0 Å². The van der Waals surface area contributed by atoms with Gasteiger partial charge >= 0.3 is 5.97 Å². The van der Waals surface area contributed by atoms with E-state index in [4.69, 9.17) is 15.2 Å². The first-order valence-corrected chi connectivity index (χ1v) is 4.69. The van der Waals surface area contributed by atoms with E-state index >= 15 is 0 Å². The Hall–Kier alpha value is -1.71. The Labute approximate surface area is 89.0 Å². The second-order valence-electron chi connectivity index (χ2n) is 3.38. The maximum Gasteiger partial charge on any atom is 0.340 e. The normalized spacial score (nSPS) is 10.1. The quantitative estimate of drug-likeness (QED) is 0.609. The topological polar surface area (TPSA) is 61.5 Å². The monoisotopic (exact) mass is 209 g/mol. The smallest absolute Gasteiger partial charge is 0.340 e. The molecule has 0 aliphatic carbocycles. The first-order chi connectivity index (χ1) is 7.06. The summed E-state index contributed by atoms with van der Waals surface area (Å²) >= 11 is 0. The molecule has 0 amide bonds. The van der Waals surface area contributed by atoms with E-state index in [9.17, 15) is 4.79 Å². The predicted octanol–water partition coefficient (Wildman–Crippen LogP) is 1.84. The van der Waals surface area contributed by atoms with Crippen LogP contribution in [0.1, 0.15) is 24.2 Å². The Morgan fingerprint density at radius 1 is 1.40 bits per heavy atom. The van der Waals surface area contributed by atoms with Crippen molar-refractivity contribution in [3.63, 3.8) is 0 Å². The molecule has 1 aromatic rings. The Bertz CT molecular complexity index is 361. The summed E-state index contributed by atoms with van der Waals surface area (Å²) in [6, 6.07) is 5.01. The zero-order valence-electron chi connectivity index (χ0n) is 9.11. The molecule has 0 atom stereocenters. The third-order valence-electron chi connectivity index (χ3n) is 1.85. The number of hydrogen-bond donors (Lipinski definition) is 1. The average Bonchev–Trinajstić information content (AvgIpc) is 2.17. The van der Waals surface area contributed by atoms with E-state index in [0.717, 1.165) is 0 Å². The number of carbonyl (C=O) groups excluding carboxylic acids is 1. The number of benzene rings is 1. The molecule has 0 saturated heterocycles. The van der Waals surface area contributed by atoms with Crippen LogP contribution in [-0.2, 0) is 4.74 Å². The van der Waals surface area contributed by atoms with Crippen molar-refractivity contribution in [3.05, 3.63) is 23.8 Å². The Morgan fingerprint density at radius 3 is 2.60 bits per heavy atom. The van der Waals surface area contributed by atoms with Crippen LogP contribution >= 0.6 is 0 Å². The van der Waals surface area contributed by atoms with Crippen molar-refractivity contribution < 1.29 is 14.3 Å². The first kappa shape index (κ1) is 11.4. The van der Waals surface area contributed by atoms with Gasteiger partial charge in [0.25, 0.3) is 0 Å². The highest BCUT2D eigenvalue weighted by molar-refractivity contribution is 5.96. The van der Waals surface area contributed by atoms with Gasteiger partial charge in [0.15, 0.2) is 0 Å². The van der Waals surface area contributed by atoms with E-state index in [1.807, 2.05) is 0 Å². The van der Waals surface area contributed by atoms with Gasteiger partial charge in [0.05, 0.1) is 24.5 Å². The lowest BCUT2D eigenvalue weighted by atomic mass is 10.1. The average molecular weight is 209 g/mol. The number of carbonyl (C=O) groups is 1. The van der Waals surface area contributed by atoms with Crippen LogP contribution in [0.15, 0.2) is 18.2 Å². The molecule has 0 radical (unpaired) electrons. The highest BCUT2D eigenvalue weighted by Gasteiger charge is 2.15. The van der Waals surface area contributed by atoms with Crippen LogP contribution in [0.5, 0.6) is 5.75 Å². The summed E-state index contributed by atoms with van der Waals surface area (Å²) in [5, 5.41) is 0. The molecule has 0 aliphatic heterocycles.